The van der Waals surface area contributed by atoms with E-state index in [4.69, 9.17) is 4.98 Å². The highest BCUT2D eigenvalue weighted by Crippen LogP contribution is 2.28. The molecule has 1 aromatic heterocycles. The topological polar surface area (TPSA) is 53.4 Å². The molecule has 33 heavy (non-hydrogen) atoms. The van der Waals surface area contributed by atoms with Crippen LogP contribution in [0.3, 0.4) is 0 Å². The molecule has 0 saturated carbocycles. The Kier molecular flexibility index (Phi) is 7.65. The minimum absolute atomic E-state index is 0.0903. The van der Waals surface area contributed by atoms with Gasteiger partial charge in [-0.05, 0) is 50.6 Å². The van der Waals surface area contributed by atoms with E-state index in [1.54, 1.807) is 0 Å². The summed E-state index contributed by atoms with van der Waals surface area (Å²) >= 11 is 0. The van der Waals surface area contributed by atoms with Crippen molar-refractivity contribution in [3.63, 3.8) is 0 Å². The minimum Gasteiger partial charge on any atom is -0.355 e. The molecular weight excluding hydrogens is 410 g/mol. The smallest absolute Gasteiger partial charge is 0.223 e. The third-order valence-corrected chi connectivity index (χ3v) is 6.83. The molecule has 1 aliphatic rings. The molecule has 1 amide bonds. The number of piperidine rings is 1. The van der Waals surface area contributed by atoms with Crippen molar-refractivity contribution in [2.75, 3.05) is 44.2 Å². The standard InChI is InChI=1S/C27H37N5O/c1-4-30(5-2)18-15-28-26(33)23-13-16-31(17-14-23)27-29-24-11-6-7-12-25(24)32(27)20-22-10-8-9-21(3)19-22/h6-12,19,23H,4-5,13-18,20H2,1-3H3,(H,28,33). The van der Waals surface area contributed by atoms with E-state index in [2.05, 4.69) is 82.9 Å². The summed E-state index contributed by atoms with van der Waals surface area (Å²) in [5.41, 5.74) is 4.73. The Hall–Kier alpha value is -2.86. The van der Waals surface area contributed by atoms with Crippen molar-refractivity contribution in [3.8, 4) is 0 Å². The van der Waals surface area contributed by atoms with Crippen LogP contribution in [0.5, 0.6) is 0 Å². The first-order valence-electron chi connectivity index (χ1n) is 12.3. The number of nitrogens with one attached hydrogen (secondary N) is 1. The average molecular weight is 448 g/mol. The van der Waals surface area contributed by atoms with Gasteiger partial charge >= 0.3 is 0 Å². The first-order valence-corrected chi connectivity index (χ1v) is 12.3. The fourth-order valence-electron chi connectivity index (χ4n) is 4.82. The zero-order valence-corrected chi connectivity index (χ0v) is 20.3. The van der Waals surface area contributed by atoms with Crippen LogP contribution in [0.15, 0.2) is 48.5 Å². The molecule has 4 rings (SSSR count). The Morgan fingerprint density at radius 2 is 1.85 bits per heavy atom. The molecule has 1 fully saturated rings. The van der Waals surface area contributed by atoms with Crippen LogP contribution in [0, 0.1) is 12.8 Å². The van der Waals surface area contributed by atoms with Crippen molar-refractivity contribution >= 4 is 22.9 Å². The molecule has 6 heteroatoms. The van der Waals surface area contributed by atoms with Crippen LogP contribution < -0.4 is 10.2 Å². The lowest BCUT2D eigenvalue weighted by molar-refractivity contribution is -0.125. The second-order valence-corrected chi connectivity index (χ2v) is 9.05. The molecule has 2 heterocycles. The minimum atomic E-state index is 0.0903. The molecule has 0 unspecified atom stereocenters. The van der Waals surface area contributed by atoms with Gasteiger partial charge in [0.25, 0.3) is 0 Å². The van der Waals surface area contributed by atoms with E-state index in [1.807, 2.05) is 6.07 Å². The van der Waals surface area contributed by atoms with Gasteiger partial charge in [-0.25, -0.2) is 4.98 Å². The van der Waals surface area contributed by atoms with Gasteiger partial charge in [-0.3, -0.25) is 4.79 Å². The Morgan fingerprint density at radius 1 is 1.09 bits per heavy atom. The zero-order chi connectivity index (χ0) is 23.2. The zero-order valence-electron chi connectivity index (χ0n) is 20.3. The molecule has 0 aliphatic carbocycles. The molecule has 0 radical (unpaired) electrons. The number of benzene rings is 2. The van der Waals surface area contributed by atoms with E-state index in [1.165, 1.54) is 11.1 Å². The van der Waals surface area contributed by atoms with Gasteiger partial charge in [0.15, 0.2) is 0 Å². The summed E-state index contributed by atoms with van der Waals surface area (Å²) in [7, 11) is 0. The number of amides is 1. The largest absolute Gasteiger partial charge is 0.355 e. The van der Waals surface area contributed by atoms with Crippen molar-refractivity contribution < 1.29 is 4.79 Å². The fourth-order valence-corrected chi connectivity index (χ4v) is 4.82. The predicted octanol–water partition coefficient (Wildman–Crippen LogP) is 4.07. The van der Waals surface area contributed by atoms with Crippen LogP contribution in [-0.4, -0.2) is 59.6 Å². The Morgan fingerprint density at radius 3 is 2.58 bits per heavy atom. The lowest BCUT2D eigenvalue weighted by Crippen LogP contribution is -2.43. The summed E-state index contributed by atoms with van der Waals surface area (Å²) in [5.74, 6) is 1.31. The Bertz CT molecular complexity index is 1060. The highest BCUT2D eigenvalue weighted by molar-refractivity contribution is 5.80. The molecule has 0 bridgehead atoms. The van der Waals surface area contributed by atoms with Gasteiger partial charge in [0, 0.05) is 32.1 Å². The van der Waals surface area contributed by atoms with Crippen molar-refractivity contribution in [2.45, 2.75) is 40.2 Å². The van der Waals surface area contributed by atoms with Gasteiger partial charge in [-0.2, -0.15) is 0 Å². The molecule has 2 aromatic carbocycles. The lowest BCUT2D eigenvalue weighted by Gasteiger charge is -2.32. The number of carbonyl (C=O) groups excluding carboxylic acids is 1. The summed E-state index contributed by atoms with van der Waals surface area (Å²) in [6.07, 6.45) is 1.73. The van der Waals surface area contributed by atoms with Gasteiger partial charge in [0.05, 0.1) is 17.6 Å². The predicted molar refractivity (Wildman–Crippen MR) is 136 cm³/mol. The van der Waals surface area contributed by atoms with E-state index in [0.717, 1.165) is 75.6 Å². The number of anilines is 1. The second kappa shape index (κ2) is 10.8. The summed E-state index contributed by atoms with van der Waals surface area (Å²) in [6.45, 7) is 12.6. The monoisotopic (exact) mass is 447 g/mol. The maximum Gasteiger partial charge on any atom is 0.223 e. The first-order chi connectivity index (χ1) is 16.1. The van der Waals surface area contributed by atoms with Crippen molar-refractivity contribution in [2.24, 2.45) is 5.92 Å². The number of aryl methyl sites for hydroxylation is 1. The van der Waals surface area contributed by atoms with Gasteiger partial charge in [-0.15, -0.1) is 0 Å². The molecule has 3 aromatic rings. The molecule has 176 valence electrons. The number of para-hydroxylation sites is 2. The van der Waals surface area contributed by atoms with Crippen LogP contribution in [0.25, 0.3) is 11.0 Å². The normalized spacial score (nSPS) is 14.8. The maximum absolute atomic E-state index is 12.7. The second-order valence-electron chi connectivity index (χ2n) is 9.05. The summed E-state index contributed by atoms with van der Waals surface area (Å²) in [6, 6.07) is 17.0. The Labute approximate surface area is 197 Å². The van der Waals surface area contributed by atoms with Gasteiger partial charge in [0.1, 0.15) is 0 Å². The van der Waals surface area contributed by atoms with Gasteiger partial charge in [-0.1, -0.05) is 55.8 Å². The van der Waals surface area contributed by atoms with Crippen LogP contribution in [-0.2, 0) is 11.3 Å². The molecular formula is C27H37N5O. The van der Waals surface area contributed by atoms with Gasteiger partial charge < -0.3 is 19.7 Å². The molecule has 0 atom stereocenters. The molecule has 0 spiro atoms. The van der Waals surface area contributed by atoms with Crippen LogP contribution in [0.2, 0.25) is 0 Å². The van der Waals surface area contributed by atoms with Gasteiger partial charge in [0.2, 0.25) is 11.9 Å². The molecule has 1 N–H and O–H groups in total. The number of hydrogen-bond donors (Lipinski definition) is 1. The van der Waals surface area contributed by atoms with Crippen molar-refractivity contribution in [1.29, 1.82) is 0 Å². The highest BCUT2D eigenvalue weighted by Gasteiger charge is 2.27. The number of rotatable bonds is 9. The van der Waals surface area contributed by atoms with Crippen LogP contribution >= 0.6 is 0 Å². The molecule has 1 aliphatic heterocycles. The number of likely N-dealkylation sites (N-methyl/N-ethyl adjacent to an activating group) is 1. The average Bonchev–Trinajstić information content (AvgIpc) is 3.20. The maximum atomic E-state index is 12.7. The fraction of sp³-hybridized carbons (Fsp3) is 0.481. The third-order valence-electron chi connectivity index (χ3n) is 6.83. The van der Waals surface area contributed by atoms with E-state index in [-0.39, 0.29) is 11.8 Å². The number of fused-ring (bicyclic) bond motifs is 1. The summed E-state index contributed by atoms with van der Waals surface area (Å²) in [4.78, 5) is 22.4. The van der Waals surface area contributed by atoms with Crippen molar-refractivity contribution in [3.05, 3.63) is 59.7 Å². The first kappa shape index (κ1) is 23.3. The molecule has 6 nitrogen and oxygen atoms in total. The number of aromatic nitrogens is 2. The third kappa shape index (κ3) is 5.56. The van der Waals surface area contributed by atoms with Crippen LogP contribution in [0.1, 0.15) is 37.8 Å². The Balaban J connectivity index is 1.43. The summed E-state index contributed by atoms with van der Waals surface area (Å²) < 4.78 is 2.33. The van der Waals surface area contributed by atoms with E-state index >= 15 is 0 Å². The van der Waals surface area contributed by atoms with E-state index in [0.29, 0.717) is 0 Å². The number of hydrogen-bond acceptors (Lipinski definition) is 4. The lowest BCUT2D eigenvalue weighted by atomic mass is 9.96. The SMILES string of the molecule is CCN(CC)CCNC(=O)C1CCN(c2nc3ccccc3n2Cc2cccc(C)c2)CC1. The van der Waals surface area contributed by atoms with Crippen molar-refractivity contribution in [1.82, 2.24) is 19.8 Å². The molecule has 1 saturated heterocycles. The van der Waals surface area contributed by atoms with E-state index < -0.39 is 0 Å². The number of imidazole rings is 1. The number of nitrogens with zero attached hydrogens (tertiary/aromatic N) is 4. The quantitative estimate of drug-likeness (QED) is 0.537. The van der Waals surface area contributed by atoms with Crippen LogP contribution in [0.4, 0.5) is 5.95 Å². The van der Waals surface area contributed by atoms with E-state index in [9.17, 15) is 4.79 Å². The number of carbonyl (C=O) groups is 1. The highest BCUT2D eigenvalue weighted by atomic mass is 16.1. The summed E-state index contributed by atoms with van der Waals surface area (Å²) in [5, 5.41) is 3.16.